The van der Waals surface area contributed by atoms with Crippen molar-refractivity contribution in [1.29, 1.82) is 0 Å². The van der Waals surface area contributed by atoms with Crippen LogP contribution in [0.1, 0.15) is 20.8 Å². The van der Waals surface area contributed by atoms with Gasteiger partial charge in [0, 0.05) is 0 Å². The predicted octanol–water partition coefficient (Wildman–Crippen LogP) is 1.02. The Bertz CT molecular complexity index is 275. The molecule has 0 aromatic heterocycles. The van der Waals surface area contributed by atoms with Crippen LogP contribution in [0, 0.1) is 0 Å². The maximum absolute atomic E-state index is 11.3. The van der Waals surface area contributed by atoms with Crippen molar-refractivity contribution in [3.05, 3.63) is 12.2 Å². The number of carbonyl (C=O) groups excluding carboxylic acids is 1. The third kappa shape index (κ3) is 4.33. The zero-order valence-corrected chi connectivity index (χ0v) is 8.67. The van der Waals surface area contributed by atoms with Crippen LogP contribution in [0.3, 0.4) is 0 Å². The summed E-state index contributed by atoms with van der Waals surface area (Å²) in [5, 5.41) is 0. The highest BCUT2D eigenvalue weighted by atomic mass is 31.2. The molecule has 76 valence electrons. The average Bonchev–Trinajstić information content (AvgIpc) is 1.80. The molecule has 5 nitrogen and oxygen atoms in total. The Morgan fingerprint density at radius 3 is 2.08 bits per heavy atom. The number of ketones is 1. The Labute approximate surface area is 76.7 Å². The molecular formula is C7H13O5P. The summed E-state index contributed by atoms with van der Waals surface area (Å²) in [7, 11) is -4.64. The third-order valence-electron chi connectivity index (χ3n) is 1.28. The third-order valence-corrected chi connectivity index (χ3v) is 1.98. The van der Waals surface area contributed by atoms with Gasteiger partial charge in [-0.05, 0) is 26.3 Å². The molecule has 0 rings (SSSR count). The van der Waals surface area contributed by atoms with Crippen molar-refractivity contribution in [2.24, 2.45) is 0 Å². The van der Waals surface area contributed by atoms with Gasteiger partial charge in [-0.3, -0.25) is 9.32 Å². The van der Waals surface area contributed by atoms with Gasteiger partial charge in [-0.2, -0.15) is 0 Å². The monoisotopic (exact) mass is 208 g/mol. The fraction of sp³-hybridized carbons (Fsp3) is 0.571. The van der Waals surface area contributed by atoms with Crippen molar-refractivity contribution in [1.82, 2.24) is 0 Å². The van der Waals surface area contributed by atoms with Crippen LogP contribution in [0.25, 0.3) is 0 Å². The first-order valence-corrected chi connectivity index (χ1v) is 5.06. The van der Waals surface area contributed by atoms with Crippen LogP contribution in [0.15, 0.2) is 12.2 Å². The van der Waals surface area contributed by atoms with Gasteiger partial charge in [0.25, 0.3) is 0 Å². The predicted molar refractivity (Wildman–Crippen MR) is 47.0 cm³/mol. The Kier molecular flexibility index (Phi) is 3.58. The highest BCUT2D eigenvalue weighted by molar-refractivity contribution is 7.46. The molecule has 0 spiro atoms. The normalized spacial score (nSPS) is 12.7. The molecule has 0 aliphatic rings. The van der Waals surface area contributed by atoms with E-state index in [2.05, 4.69) is 11.1 Å². The van der Waals surface area contributed by atoms with Crippen molar-refractivity contribution >= 4 is 13.6 Å². The van der Waals surface area contributed by atoms with Crippen LogP contribution in [-0.2, 0) is 13.9 Å². The molecule has 2 N–H and O–H groups in total. The standard InChI is InChI=1S/C7H13O5P/c1-5(2)6(8)7(3,4)12-13(9,10)11/h1H2,2-4H3,(H2,9,10,11). The van der Waals surface area contributed by atoms with Crippen LogP contribution in [0.2, 0.25) is 0 Å². The second-order valence-corrected chi connectivity index (χ2v) is 4.37. The average molecular weight is 208 g/mol. The molecular weight excluding hydrogens is 195 g/mol. The first-order valence-electron chi connectivity index (χ1n) is 3.53. The number of hydrogen-bond acceptors (Lipinski definition) is 3. The summed E-state index contributed by atoms with van der Waals surface area (Å²) in [4.78, 5) is 28.3. The summed E-state index contributed by atoms with van der Waals surface area (Å²) in [6.45, 7) is 7.38. The summed E-state index contributed by atoms with van der Waals surface area (Å²) >= 11 is 0. The number of Topliss-reactive ketones (excluding diaryl/α,β-unsaturated/α-hetero) is 1. The lowest BCUT2D eigenvalue weighted by Gasteiger charge is -2.23. The molecule has 0 saturated carbocycles. The van der Waals surface area contributed by atoms with Crippen LogP contribution in [0.4, 0.5) is 0 Å². The van der Waals surface area contributed by atoms with Gasteiger partial charge >= 0.3 is 7.82 Å². The summed E-state index contributed by atoms with van der Waals surface area (Å²) in [6, 6.07) is 0. The van der Waals surface area contributed by atoms with Crippen molar-refractivity contribution in [2.45, 2.75) is 26.4 Å². The van der Waals surface area contributed by atoms with Gasteiger partial charge in [0.1, 0.15) is 5.60 Å². The van der Waals surface area contributed by atoms with Crippen LogP contribution in [0.5, 0.6) is 0 Å². The molecule has 6 heteroatoms. The lowest BCUT2D eigenvalue weighted by atomic mass is 9.99. The Hall–Kier alpha value is -0.480. The maximum Gasteiger partial charge on any atom is 0.470 e. The number of hydrogen-bond donors (Lipinski definition) is 2. The Morgan fingerprint density at radius 1 is 1.46 bits per heavy atom. The maximum atomic E-state index is 11.3. The fourth-order valence-electron chi connectivity index (χ4n) is 0.853. The topological polar surface area (TPSA) is 83.8 Å². The van der Waals surface area contributed by atoms with E-state index in [1.807, 2.05) is 0 Å². The summed E-state index contributed by atoms with van der Waals surface area (Å²) in [6.07, 6.45) is 0. The van der Waals surface area contributed by atoms with E-state index in [9.17, 15) is 9.36 Å². The van der Waals surface area contributed by atoms with Gasteiger partial charge in [-0.25, -0.2) is 4.57 Å². The number of carbonyl (C=O) groups is 1. The molecule has 0 fully saturated rings. The van der Waals surface area contributed by atoms with E-state index >= 15 is 0 Å². The van der Waals surface area contributed by atoms with Crippen LogP contribution < -0.4 is 0 Å². The minimum Gasteiger partial charge on any atom is -0.303 e. The fourth-order valence-corrected chi connectivity index (χ4v) is 1.53. The Balaban J connectivity index is 4.69. The van der Waals surface area contributed by atoms with E-state index in [1.165, 1.54) is 20.8 Å². The smallest absolute Gasteiger partial charge is 0.303 e. The van der Waals surface area contributed by atoms with Crippen LogP contribution in [-0.4, -0.2) is 21.2 Å². The SMILES string of the molecule is C=C(C)C(=O)C(C)(C)OP(=O)(O)O. The molecule has 0 aliphatic carbocycles. The molecule has 0 aliphatic heterocycles. The molecule has 0 saturated heterocycles. The minimum absolute atomic E-state index is 0.193. The highest BCUT2D eigenvalue weighted by Gasteiger charge is 2.35. The first kappa shape index (κ1) is 12.5. The van der Waals surface area contributed by atoms with Crippen molar-refractivity contribution in [2.75, 3.05) is 0 Å². The summed E-state index contributed by atoms with van der Waals surface area (Å²) in [5.74, 6) is -0.532. The van der Waals surface area contributed by atoms with Crippen molar-refractivity contribution in [3.8, 4) is 0 Å². The minimum atomic E-state index is -4.64. The zero-order valence-electron chi connectivity index (χ0n) is 7.77. The quantitative estimate of drug-likeness (QED) is 0.532. The molecule has 0 heterocycles. The second-order valence-electron chi connectivity index (χ2n) is 3.20. The highest BCUT2D eigenvalue weighted by Crippen LogP contribution is 2.41. The van der Waals surface area contributed by atoms with E-state index in [1.54, 1.807) is 0 Å². The van der Waals surface area contributed by atoms with E-state index in [0.717, 1.165) is 0 Å². The summed E-state index contributed by atoms with van der Waals surface area (Å²) < 4.78 is 14.8. The largest absolute Gasteiger partial charge is 0.470 e. The molecule has 0 atom stereocenters. The molecule has 0 aromatic carbocycles. The van der Waals surface area contributed by atoms with Gasteiger partial charge in [-0.15, -0.1) is 0 Å². The molecule has 0 amide bonds. The first-order chi connectivity index (χ1) is 5.56. The van der Waals surface area contributed by atoms with E-state index in [-0.39, 0.29) is 5.57 Å². The second kappa shape index (κ2) is 3.72. The number of rotatable bonds is 4. The van der Waals surface area contributed by atoms with Gasteiger partial charge in [0.2, 0.25) is 0 Å². The molecule has 13 heavy (non-hydrogen) atoms. The molecule has 0 radical (unpaired) electrons. The van der Waals surface area contributed by atoms with Gasteiger partial charge < -0.3 is 9.79 Å². The van der Waals surface area contributed by atoms with Crippen molar-refractivity contribution in [3.63, 3.8) is 0 Å². The van der Waals surface area contributed by atoms with E-state index < -0.39 is 19.2 Å². The molecule has 0 bridgehead atoms. The van der Waals surface area contributed by atoms with E-state index in [0.29, 0.717) is 0 Å². The Morgan fingerprint density at radius 2 is 1.85 bits per heavy atom. The lowest BCUT2D eigenvalue weighted by molar-refractivity contribution is -0.129. The summed E-state index contributed by atoms with van der Waals surface area (Å²) in [5.41, 5.74) is -1.34. The zero-order chi connectivity index (χ0) is 10.9. The van der Waals surface area contributed by atoms with Gasteiger partial charge in [-0.1, -0.05) is 6.58 Å². The molecule has 0 aromatic rings. The van der Waals surface area contributed by atoms with Gasteiger partial charge in [0.15, 0.2) is 5.78 Å². The van der Waals surface area contributed by atoms with Crippen LogP contribution >= 0.6 is 7.82 Å². The number of phosphoric ester groups is 1. The molecule has 0 unspecified atom stereocenters. The van der Waals surface area contributed by atoms with Gasteiger partial charge in [0.05, 0.1) is 0 Å². The van der Waals surface area contributed by atoms with Crippen molar-refractivity contribution < 1.29 is 23.7 Å². The number of phosphoric acid groups is 1. The lowest BCUT2D eigenvalue weighted by Crippen LogP contribution is -2.34. The van der Waals surface area contributed by atoms with E-state index in [4.69, 9.17) is 9.79 Å².